The van der Waals surface area contributed by atoms with E-state index >= 15 is 0 Å². The molecule has 33 heavy (non-hydrogen) atoms. The number of ether oxygens (including phenoxy) is 2. The maximum atomic E-state index is 12.2. The van der Waals surface area contributed by atoms with E-state index in [1.54, 1.807) is 0 Å². The van der Waals surface area contributed by atoms with Crippen molar-refractivity contribution in [3.05, 3.63) is 12.7 Å². The van der Waals surface area contributed by atoms with Gasteiger partial charge in [0.15, 0.2) is 29.3 Å². The van der Waals surface area contributed by atoms with Crippen LogP contribution in [0.15, 0.2) is 12.7 Å². The van der Waals surface area contributed by atoms with Gasteiger partial charge in [0.25, 0.3) is 7.82 Å². The number of phosphoric ester groups is 1. The van der Waals surface area contributed by atoms with Gasteiger partial charge >= 0.3 is 35.5 Å². The van der Waals surface area contributed by atoms with Gasteiger partial charge in [-0.1, -0.05) is 13.8 Å². The predicted molar refractivity (Wildman–Crippen MR) is 106 cm³/mol. The molecule has 4 heterocycles. The van der Waals surface area contributed by atoms with E-state index in [0.29, 0.717) is 30.4 Å². The molecular formula is C18H23N5NaO8P. The number of aromatic nitrogens is 4. The molecule has 174 valence electrons. The van der Waals surface area contributed by atoms with Gasteiger partial charge in [-0.05, 0) is 12.8 Å². The zero-order chi connectivity index (χ0) is 22.9. The van der Waals surface area contributed by atoms with Gasteiger partial charge in [0, 0.05) is 12.8 Å². The molecule has 0 bridgehead atoms. The number of nitrogens with zero attached hydrogens (tertiary/aromatic N) is 4. The Morgan fingerprint density at radius 1 is 1.27 bits per heavy atom. The van der Waals surface area contributed by atoms with E-state index in [9.17, 15) is 19.0 Å². The van der Waals surface area contributed by atoms with E-state index in [2.05, 4.69) is 20.3 Å². The van der Waals surface area contributed by atoms with E-state index < -0.39 is 38.3 Å². The number of rotatable bonds is 7. The molecular weight excluding hydrogens is 468 g/mol. The van der Waals surface area contributed by atoms with Crippen molar-refractivity contribution in [2.45, 2.75) is 64.1 Å². The summed E-state index contributed by atoms with van der Waals surface area (Å²) in [6.45, 7) is 3.43. The van der Waals surface area contributed by atoms with Gasteiger partial charge in [0.1, 0.15) is 18.5 Å². The van der Waals surface area contributed by atoms with Gasteiger partial charge in [0.2, 0.25) is 5.91 Å². The van der Waals surface area contributed by atoms with Gasteiger partial charge in [-0.15, -0.1) is 0 Å². The van der Waals surface area contributed by atoms with Crippen LogP contribution < -0.4 is 39.8 Å². The number of nitrogens with one attached hydrogen (secondary N) is 1. The molecule has 2 aliphatic rings. The van der Waals surface area contributed by atoms with Gasteiger partial charge in [0.05, 0.1) is 12.9 Å². The molecule has 0 spiro atoms. The van der Waals surface area contributed by atoms with Crippen LogP contribution in [-0.2, 0) is 32.7 Å². The number of imidazole rings is 1. The Balaban J connectivity index is 0.00000306. The van der Waals surface area contributed by atoms with Crippen LogP contribution in [0.25, 0.3) is 11.2 Å². The van der Waals surface area contributed by atoms with Gasteiger partial charge < -0.3 is 28.7 Å². The van der Waals surface area contributed by atoms with E-state index in [-0.39, 0.29) is 54.3 Å². The molecule has 2 aliphatic heterocycles. The molecule has 2 fully saturated rings. The van der Waals surface area contributed by atoms with Crippen LogP contribution in [0, 0.1) is 0 Å². The first-order valence-corrected chi connectivity index (χ1v) is 11.7. The predicted octanol–water partition coefficient (Wildman–Crippen LogP) is -1.94. The second-order valence-electron chi connectivity index (χ2n) is 7.43. The zero-order valence-corrected chi connectivity index (χ0v) is 21.4. The number of esters is 1. The molecule has 2 aromatic heterocycles. The van der Waals surface area contributed by atoms with Gasteiger partial charge in [-0.3, -0.25) is 18.7 Å². The molecule has 13 nitrogen and oxygen atoms in total. The SMILES string of the molecule is CCCC(=O)Nc1ncnc2c1ncn2C1OC2COP(=O)([O-])OC2C1OC(=O)CCC.[Na+]. The van der Waals surface area contributed by atoms with Crippen molar-refractivity contribution in [3.8, 4) is 0 Å². The molecule has 0 aliphatic carbocycles. The summed E-state index contributed by atoms with van der Waals surface area (Å²) in [4.78, 5) is 48.7. The fourth-order valence-electron chi connectivity index (χ4n) is 3.63. The number of anilines is 1. The second-order valence-corrected chi connectivity index (χ2v) is 8.79. The van der Waals surface area contributed by atoms with Crippen molar-refractivity contribution in [1.29, 1.82) is 0 Å². The summed E-state index contributed by atoms with van der Waals surface area (Å²) in [5, 5.41) is 2.70. The molecule has 4 rings (SSSR count). The standard InChI is InChI=1S/C18H24N5O8P.Na/c1-3-5-11(24)22-16-13-17(20-8-19-16)23(9-21-13)18-15(30-12(25)6-4-2)14-10(29-18)7-28-32(26,27)31-14;/h8-10,14-15,18H,3-7H2,1-2H3,(H,26,27)(H,19,20,22,24);/q;+1/p-1. The zero-order valence-electron chi connectivity index (χ0n) is 18.5. The third kappa shape index (κ3) is 5.63. The summed E-state index contributed by atoms with van der Waals surface area (Å²) in [6.07, 6.45) is 0.404. The quantitative estimate of drug-likeness (QED) is 0.260. The van der Waals surface area contributed by atoms with E-state index in [4.69, 9.17) is 18.5 Å². The first-order valence-electron chi connectivity index (χ1n) is 10.3. The van der Waals surface area contributed by atoms with Crippen LogP contribution >= 0.6 is 7.82 Å². The number of carbonyl (C=O) groups is 2. The molecule has 0 saturated carbocycles. The normalized spacial score (nSPS) is 28.7. The van der Waals surface area contributed by atoms with E-state index in [1.165, 1.54) is 17.2 Å². The van der Waals surface area contributed by atoms with Gasteiger partial charge in [-0.25, -0.2) is 15.0 Å². The molecule has 1 amide bonds. The van der Waals surface area contributed by atoms with Crippen LogP contribution in [-0.4, -0.2) is 56.3 Å². The molecule has 1 N–H and O–H groups in total. The first-order chi connectivity index (χ1) is 15.3. The number of hydrogen-bond acceptors (Lipinski definition) is 11. The molecule has 0 radical (unpaired) electrons. The third-order valence-electron chi connectivity index (χ3n) is 5.02. The van der Waals surface area contributed by atoms with E-state index in [0.717, 1.165) is 0 Å². The molecule has 15 heteroatoms. The molecule has 5 unspecified atom stereocenters. The Kier molecular flexibility index (Phi) is 8.62. The van der Waals surface area contributed by atoms with Crippen molar-refractivity contribution in [2.24, 2.45) is 0 Å². The fraction of sp³-hybridized carbons (Fsp3) is 0.611. The monoisotopic (exact) mass is 491 g/mol. The summed E-state index contributed by atoms with van der Waals surface area (Å²) >= 11 is 0. The Morgan fingerprint density at radius 3 is 2.76 bits per heavy atom. The number of carbonyl (C=O) groups excluding carboxylic acids is 2. The summed E-state index contributed by atoms with van der Waals surface area (Å²) in [7, 11) is -4.55. The van der Waals surface area contributed by atoms with Crippen LogP contribution in [0.5, 0.6) is 0 Å². The minimum atomic E-state index is -4.55. The summed E-state index contributed by atoms with van der Waals surface area (Å²) in [5.74, 6) is -0.506. The van der Waals surface area contributed by atoms with Crippen molar-refractivity contribution < 1.29 is 67.1 Å². The Bertz CT molecular complexity index is 1070. The third-order valence-corrected chi connectivity index (χ3v) is 5.99. The first kappa shape index (κ1) is 26.2. The van der Waals surface area contributed by atoms with Crippen LogP contribution in [0.3, 0.4) is 0 Å². The van der Waals surface area contributed by atoms with Crippen molar-refractivity contribution in [3.63, 3.8) is 0 Å². The molecule has 2 saturated heterocycles. The van der Waals surface area contributed by atoms with E-state index in [1.807, 2.05) is 13.8 Å². The minimum absolute atomic E-state index is 0. The Labute approximate surface area is 211 Å². The average molecular weight is 491 g/mol. The minimum Gasteiger partial charge on any atom is -0.756 e. The number of amides is 1. The maximum Gasteiger partial charge on any atom is 1.00 e. The average Bonchev–Trinajstić information content (AvgIpc) is 3.30. The Morgan fingerprint density at radius 2 is 2.03 bits per heavy atom. The Hall–Kier alpha value is -1.44. The summed E-state index contributed by atoms with van der Waals surface area (Å²) in [5.41, 5.74) is 0.610. The molecule has 0 aromatic carbocycles. The smallest absolute Gasteiger partial charge is 0.756 e. The van der Waals surface area contributed by atoms with Gasteiger partial charge in [-0.2, -0.15) is 0 Å². The van der Waals surface area contributed by atoms with Crippen molar-refractivity contribution in [1.82, 2.24) is 19.5 Å². The van der Waals surface area contributed by atoms with Crippen LogP contribution in [0.1, 0.15) is 45.8 Å². The largest absolute Gasteiger partial charge is 1.00 e. The second kappa shape index (κ2) is 10.9. The number of hydrogen-bond donors (Lipinski definition) is 1. The summed E-state index contributed by atoms with van der Waals surface area (Å²) in [6, 6.07) is 0. The van der Waals surface area contributed by atoms with Crippen LogP contribution in [0.4, 0.5) is 5.82 Å². The topological polar surface area (TPSA) is 167 Å². The molecule has 5 atom stereocenters. The number of phosphoric acid groups is 1. The van der Waals surface area contributed by atoms with Crippen molar-refractivity contribution in [2.75, 3.05) is 11.9 Å². The molecule has 2 aromatic rings. The fourth-order valence-corrected chi connectivity index (χ4v) is 4.57. The summed E-state index contributed by atoms with van der Waals surface area (Å²) < 4.78 is 34.7. The van der Waals surface area contributed by atoms with Crippen molar-refractivity contribution >= 4 is 36.7 Å². The number of fused-ring (bicyclic) bond motifs is 2. The van der Waals surface area contributed by atoms with Crippen LogP contribution in [0.2, 0.25) is 0 Å². The maximum absolute atomic E-state index is 12.2.